The van der Waals surface area contributed by atoms with E-state index in [2.05, 4.69) is 48.5 Å². The van der Waals surface area contributed by atoms with Crippen molar-refractivity contribution in [2.75, 3.05) is 13.1 Å². The van der Waals surface area contributed by atoms with Crippen molar-refractivity contribution in [3.63, 3.8) is 0 Å². The smallest absolute Gasteiger partial charge is 0.309 e. The van der Waals surface area contributed by atoms with Crippen LogP contribution in [0.1, 0.15) is 140 Å². The Labute approximate surface area is 306 Å². The Morgan fingerprint density at radius 1 is 0.922 bits per heavy atom. The number of carbonyl (C=O) groups excluding carboxylic acids is 3. The molecule has 0 radical (unpaired) electrons. The average molecular weight is 713 g/mol. The molecular formula is C42H68N2O7. The Morgan fingerprint density at radius 3 is 2.14 bits per heavy atom. The summed E-state index contributed by atoms with van der Waals surface area (Å²) in [7, 11) is 0. The van der Waals surface area contributed by atoms with Crippen LogP contribution in [-0.2, 0) is 23.9 Å². The Bertz CT molecular complexity index is 1460. The van der Waals surface area contributed by atoms with Gasteiger partial charge in [-0.1, -0.05) is 54.0 Å². The molecule has 5 rings (SSSR count). The van der Waals surface area contributed by atoms with Gasteiger partial charge in [-0.3, -0.25) is 24.1 Å². The molecule has 0 heterocycles. The number of allylic oxidation sites excluding steroid dienone is 1. The number of ketones is 1. The highest BCUT2D eigenvalue weighted by Crippen LogP contribution is 2.77. The fourth-order valence-corrected chi connectivity index (χ4v) is 13.0. The number of ether oxygens (including phenoxy) is 1. The van der Waals surface area contributed by atoms with E-state index in [4.69, 9.17) is 10.5 Å². The van der Waals surface area contributed by atoms with Crippen LogP contribution in [0.5, 0.6) is 0 Å². The second-order valence-electron chi connectivity index (χ2n) is 20.1. The molecule has 9 nitrogen and oxygen atoms in total. The lowest BCUT2D eigenvalue weighted by atomic mass is 9.33. The number of aliphatic hydroxyl groups is 1. The van der Waals surface area contributed by atoms with E-state index in [1.54, 1.807) is 13.8 Å². The van der Waals surface area contributed by atoms with Gasteiger partial charge in [-0.2, -0.15) is 0 Å². The van der Waals surface area contributed by atoms with Crippen LogP contribution in [0.25, 0.3) is 0 Å². The second-order valence-corrected chi connectivity index (χ2v) is 20.1. The normalized spacial score (nSPS) is 38.2. The molecule has 9 unspecified atom stereocenters. The maximum Gasteiger partial charge on any atom is 0.309 e. The summed E-state index contributed by atoms with van der Waals surface area (Å²) in [5, 5.41) is 21.8. The molecule has 4 saturated carbocycles. The van der Waals surface area contributed by atoms with E-state index in [1.165, 1.54) is 5.57 Å². The topological polar surface area (TPSA) is 147 Å². The minimum absolute atomic E-state index is 0.0139. The van der Waals surface area contributed by atoms with E-state index < -0.39 is 34.8 Å². The number of nitrogens with two attached hydrogens (primary N) is 1. The van der Waals surface area contributed by atoms with Crippen molar-refractivity contribution < 1.29 is 34.1 Å². The summed E-state index contributed by atoms with van der Waals surface area (Å²) in [4.78, 5) is 52.8. The van der Waals surface area contributed by atoms with Crippen LogP contribution in [0.15, 0.2) is 11.1 Å². The number of fused-ring (bicyclic) bond motifs is 7. The summed E-state index contributed by atoms with van der Waals surface area (Å²) < 4.78 is 6.15. The van der Waals surface area contributed by atoms with Crippen molar-refractivity contribution in [1.82, 2.24) is 4.90 Å². The van der Waals surface area contributed by atoms with Gasteiger partial charge in [0.2, 0.25) is 5.91 Å². The van der Waals surface area contributed by atoms with Gasteiger partial charge in [0.25, 0.3) is 0 Å². The molecule has 0 spiro atoms. The molecule has 1 amide bonds. The predicted octanol–water partition coefficient (Wildman–Crippen LogP) is 6.94. The number of hydrogen-bond donors (Lipinski definition) is 3. The molecule has 5 aliphatic carbocycles. The highest BCUT2D eigenvalue weighted by atomic mass is 16.5. The van der Waals surface area contributed by atoms with E-state index in [0.29, 0.717) is 24.8 Å². The number of nitrogens with zero attached hydrogens (tertiary/aromatic N) is 1. The number of aliphatic hydroxyl groups excluding tert-OH is 1. The molecular weight excluding hydrogens is 644 g/mol. The van der Waals surface area contributed by atoms with E-state index in [9.17, 15) is 29.4 Å². The number of carboxylic acid groups (broad SMARTS) is 1. The van der Waals surface area contributed by atoms with Gasteiger partial charge in [0, 0.05) is 29.8 Å². The zero-order valence-corrected chi connectivity index (χ0v) is 33.5. The fourth-order valence-electron chi connectivity index (χ4n) is 13.0. The third kappa shape index (κ3) is 6.22. The van der Waals surface area contributed by atoms with E-state index >= 15 is 0 Å². The van der Waals surface area contributed by atoms with Crippen LogP contribution in [0.4, 0.5) is 0 Å². The Balaban J connectivity index is 1.46. The number of Topliss-reactive ketones (excluding diaryl/α,β-unsaturated/α-hetero) is 1. The highest BCUT2D eigenvalue weighted by Gasteiger charge is 2.71. The monoisotopic (exact) mass is 713 g/mol. The van der Waals surface area contributed by atoms with Gasteiger partial charge >= 0.3 is 11.9 Å². The molecule has 0 aromatic heterocycles. The molecule has 9 atom stereocenters. The van der Waals surface area contributed by atoms with Crippen LogP contribution >= 0.6 is 0 Å². The Kier molecular flexibility index (Phi) is 10.4. The molecule has 9 heteroatoms. The number of carboxylic acids is 1. The SMILES string of the molecule is CC(C)C1=C2C3CCC4C5(C)CCC(OC(=O)CC(C)(C)C(=O)O)C(C)(C)C5CCC4(C)C3(C)CCC2(C(O)CN(CC(N)=O)C(C)C)CC1=O. The molecule has 0 saturated heterocycles. The Morgan fingerprint density at radius 2 is 1.57 bits per heavy atom. The Hall–Kier alpha value is -2.26. The van der Waals surface area contributed by atoms with Crippen LogP contribution < -0.4 is 5.73 Å². The molecule has 288 valence electrons. The van der Waals surface area contributed by atoms with Crippen molar-refractivity contribution in [2.45, 2.75) is 159 Å². The molecule has 0 bridgehead atoms. The van der Waals surface area contributed by atoms with Gasteiger partial charge in [-0.05, 0) is 125 Å². The number of amides is 1. The predicted molar refractivity (Wildman–Crippen MR) is 197 cm³/mol. The number of carbonyl (C=O) groups is 4. The molecule has 0 aliphatic heterocycles. The van der Waals surface area contributed by atoms with Crippen molar-refractivity contribution in [1.29, 1.82) is 0 Å². The largest absolute Gasteiger partial charge is 0.481 e. The molecule has 5 aliphatic rings. The lowest BCUT2D eigenvalue weighted by Crippen LogP contribution is -2.66. The highest BCUT2D eigenvalue weighted by molar-refractivity contribution is 6.00. The minimum atomic E-state index is -1.18. The standard InChI is InChI=1S/C42H68N2O7/c1-24(2)34-27(45)20-42(30(46)22-44(25(3)4)23-32(43)47)19-18-40(10)26(35(34)42)12-13-29-39(9)16-15-31(51-33(48)21-37(5,6)36(49)50)38(7,8)28(39)14-17-41(29,40)11/h24-26,28-31,46H,12-23H2,1-11H3,(H2,43,47)(H,49,50). The van der Waals surface area contributed by atoms with Gasteiger partial charge in [-0.25, -0.2) is 0 Å². The van der Waals surface area contributed by atoms with E-state index in [0.717, 1.165) is 56.9 Å². The minimum Gasteiger partial charge on any atom is -0.481 e. The third-order valence-electron chi connectivity index (χ3n) is 16.0. The van der Waals surface area contributed by atoms with E-state index in [-0.39, 0.29) is 64.4 Å². The molecule has 51 heavy (non-hydrogen) atoms. The second kappa shape index (κ2) is 13.2. The maximum atomic E-state index is 14.0. The third-order valence-corrected chi connectivity index (χ3v) is 16.0. The van der Waals surface area contributed by atoms with Crippen molar-refractivity contribution in [2.24, 2.45) is 61.9 Å². The summed E-state index contributed by atoms with van der Waals surface area (Å²) >= 11 is 0. The van der Waals surface area contributed by atoms with Gasteiger partial charge in [0.05, 0.1) is 24.5 Å². The maximum absolute atomic E-state index is 14.0. The summed E-state index contributed by atoms with van der Waals surface area (Å²) in [6.45, 7) is 23.8. The fraction of sp³-hybridized carbons (Fsp3) is 0.857. The first kappa shape index (κ1) is 39.9. The molecule has 4 fully saturated rings. The lowest BCUT2D eigenvalue weighted by Gasteiger charge is -2.72. The molecule has 4 N–H and O–H groups in total. The zero-order chi connectivity index (χ0) is 38.3. The van der Waals surface area contributed by atoms with Crippen LogP contribution in [0.3, 0.4) is 0 Å². The summed E-state index contributed by atoms with van der Waals surface area (Å²) in [6.07, 6.45) is 6.64. The number of rotatable bonds is 11. The molecule has 0 aromatic rings. The van der Waals surface area contributed by atoms with Gasteiger partial charge in [0.1, 0.15) is 6.10 Å². The quantitative estimate of drug-likeness (QED) is 0.195. The van der Waals surface area contributed by atoms with Crippen LogP contribution in [-0.4, -0.2) is 70.1 Å². The van der Waals surface area contributed by atoms with E-state index in [1.807, 2.05) is 18.7 Å². The summed E-state index contributed by atoms with van der Waals surface area (Å²) in [5.74, 6) is -0.616. The van der Waals surface area contributed by atoms with Crippen LogP contribution in [0, 0.1) is 56.2 Å². The first-order valence-electron chi connectivity index (χ1n) is 19.8. The molecule has 0 aromatic carbocycles. The van der Waals surface area contributed by atoms with Gasteiger partial charge in [-0.15, -0.1) is 0 Å². The lowest BCUT2D eigenvalue weighted by molar-refractivity contribution is -0.235. The van der Waals surface area contributed by atoms with Crippen molar-refractivity contribution >= 4 is 23.6 Å². The van der Waals surface area contributed by atoms with Gasteiger partial charge in [0.15, 0.2) is 5.78 Å². The summed E-state index contributed by atoms with van der Waals surface area (Å²) in [5.41, 5.74) is 5.70. The van der Waals surface area contributed by atoms with Crippen LogP contribution in [0.2, 0.25) is 0 Å². The number of primary amides is 1. The first-order valence-corrected chi connectivity index (χ1v) is 19.8. The van der Waals surface area contributed by atoms with Crippen molar-refractivity contribution in [3.05, 3.63) is 11.1 Å². The van der Waals surface area contributed by atoms with Crippen molar-refractivity contribution in [3.8, 4) is 0 Å². The zero-order valence-electron chi connectivity index (χ0n) is 33.5. The number of hydrogen-bond acceptors (Lipinski definition) is 7. The number of aliphatic carboxylic acids is 1. The van der Waals surface area contributed by atoms with Gasteiger partial charge < -0.3 is 20.7 Å². The number of esters is 1. The summed E-state index contributed by atoms with van der Waals surface area (Å²) in [6, 6.07) is 0.0243. The first-order chi connectivity index (χ1) is 23.4. The average Bonchev–Trinajstić information content (AvgIpc) is 3.31.